The van der Waals surface area contributed by atoms with Crippen molar-refractivity contribution in [2.75, 3.05) is 0 Å². The van der Waals surface area contributed by atoms with Gasteiger partial charge in [0.25, 0.3) is 0 Å². The minimum Gasteiger partial charge on any atom is -0.377 e. The molecule has 1 aliphatic rings. The lowest BCUT2D eigenvalue weighted by atomic mass is 9.84. The number of benzene rings is 1. The van der Waals surface area contributed by atoms with Gasteiger partial charge in [-0.3, -0.25) is 4.98 Å². The van der Waals surface area contributed by atoms with E-state index in [4.69, 9.17) is 0 Å². The smallest absolute Gasteiger partial charge is 0.323 e. The molecular weight excluding hydrogens is 390 g/mol. The number of aliphatic hydroxyl groups is 1. The van der Waals surface area contributed by atoms with Crippen LogP contribution in [-0.4, -0.2) is 30.3 Å². The second kappa shape index (κ2) is 7.18. The number of hydrogen-bond donors (Lipinski definition) is 1. The SMILES string of the molecule is OC(Cn1cnnn1)(c1ccc(F)cc1F)C(F)(F)c1ccc(CC2CC2)cn1. The van der Waals surface area contributed by atoms with Gasteiger partial charge in [-0.2, -0.15) is 8.78 Å². The van der Waals surface area contributed by atoms with Crippen LogP contribution >= 0.6 is 0 Å². The van der Waals surface area contributed by atoms with Crippen LogP contribution in [0, 0.1) is 17.6 Å². The van der Waals surface area contributed by atoms with E-state index in [9.17, 15) is 13.9 Å². The molecule has 0 amide bonds. The zero-order valence-electron chi connectivity index (χ0n) is 15.1. The van der Waals surface area contributed by atoms with Gasteiger partial charge in [0.05, 0.1) is 6.54 Å². The summed E-state index contributed by atoms with van der Waals surface area (Å²) in [6, 6.07) is 4.65. The van der Waals surface area contributed by atoms with Gasteiger partial charge < -0.3 is 5.11 Å². The Labute approximate surface area is 163 Å². The van der Waals surface area contributed by atoms with Crippen LogP contribution in [-0.2, 0) is 24.5 Å². The molecule has 29 heavy (non-hydrogen) atoms. The molecule has 10 heteroatoms. The van der Waals surface area contributed by atoms with Gasteiger partial charge in [0.1, 0.15) is 23.7 Å². The third kappa shape index (κ3) is 3.71. The van der Waals surface area contributed by atoms with Crippen molar-refractivity contribution in [3.05, 3.63) is 71.3 Å². The molecule has 4 rings (SSSR count). The molecule has 2 heterocycles. The third-order valence-electron chi connectivity index (χ3n) is 5.05. The fraction of sp³-hybridized carbons (Fsp3) is 0.368. The molecule has 1 unspecified atom stereocenters. The zero-order valence-corrected chi connectivity index (χ0v) is 15.1. The van der Waals surface area contributed by atoms with Crippen LogP contribution in [0.15, 0.2) is 42.9 Å². The first-order chi connectivity index (χ1) is 13.8. The van der Waals surface area contributed by atoms with E-state index < -0.39 is 41.0 Å². The Morgan fingerprint density at radius 3 is 2.52 bits per heavy atom. The van der Waals surface area contributed by atoms with E-state index in [0.717, 1.165) is 54.0 Å². The summed E-state index contributed by atoms with van der Waals surface area (Å²) in [5.41, 5.74) is -3.84. The van der Waals surface area contributed by atoms with Crippen LogP contribution in [0.2, 0.25) is 0 Å². The van der Waals surface area contributed by atoms with Crippen molar-refractivity contribution in [3.8, 4) is 0 Å². The van der Waals surface area contributed by atoms with E-state index in [1.165, 1.54) is 12.3 Å². The van der Waals surface area contributed by atoms with Gasteiger partial charge in [-0.1, -0.05) is 6.07 Å². The summed E-state index contributed by atoms with van der Waals surface area (Å²) in [6.45, 7) is -0.874. The maximum atomic E-state index is 15.5. The topological polar surface area (TPSA) is 76.7 Å². The Morgan fingerprint density at radius 2 is 1.93 bits per heavy atom. The molecular formula is C19H17F4N5O. The summed E-state index contributed by atoms with van der Waals surface area (Å²) < 4.78 is 59.6. The predicted molar refractivity (Wildman–Crippen MR) is 92.6 cm³/mol. The summed E-state index contributed by atoms with van der Waals surface area (Å²) in [5.74, 6) is -5.75. The molecule has 1 atom stereocenters. The van der Waals surface area contributed by atoms with Crippen molar-refractivity contribution < 1.29 is 22.7 Å². The van der Waals surface area contributed by atoms with Crippen molar-refractivity contribution in [1.82, 2.24) is 25.2 Å². The molecule has 2 aromatic heterocycles. The minimum atomic E-state index is -4.03. The van der Waals surface area contributed by atoms with Crippen molar-refractivity contribution in [2.24, 2.45) is 5.92 Å². The lowest BCUT2D eigenvalue weighted by Gasteiger charge is -2.35. The highest BCUT2D eigenvalue weighted by molar-refractivity contribution is 5.31. The Balaban J connectivity index is 1.75. The van der Waals surface area contributed by atoms with Crippen LogP contribution in [0.3, 0.4) is 0 Å². The van der Waals surface area contributed by atoms with Crippen molar-refractivity contribution in [1.29, 1.82) is 0 Å². The van der Waals surface area contributed by atoms with Crippen LogP contribution in [0.5, 0.6) is 0 Å². The molecule has 3 aromatic rings. The molecule has 152 valence electrons. The second-order valence-electron chi connectivity index (χ2n) is 7.27. The van der Waals surface area contributed by atoms with E-state index in [2.05, 4.69) is 20.5 Å². The van der Waals surface area contributed by atoms with Gasteiger partial charge in [-0.15, -0.1) is 5.10 Å². The Kier molecular flexibility index (Phi) is 4.81. The molecule has 0 radical (unpaired) electrons. The highest BCUT2D eigenvalue weighted by atomic mass is 19.3. The molecule has 1 aliphatic carbocycles. The lowest BCUT2D eigenvalue weighted by Crippen LogP contribution is -2.48. The quantitative estimate of drug-likeness (QED) is 0.610. The van der Waals surface area contributed by atoms with Crippen LogP contribution < -0.4 is 0 Å². The van der Waals surface area contributed by atoms with Crippen LogP contribution in [0.1, 0.15) is 29.7 Å². The second-order valence-corrected chi connectivity index (χ2v) is 7.27. The average Bonchev–Trinajstić information content (AvgIpc) is 3.34. The fourth-order valence-corrected chi connectivity index (χ4v) is 3.26. The monoisotopic (exact) mass is 407 g/mol. The number of aromatic nitrogens is 5. The number of nitrogens with zero attached hydrogens (tertiary/aromatic N) is 5. The first-order valence-electron chi connectivity index (χ1n) is 9.01. The Bertz CT molecular complexity index is 992. The number of alkyl halides is 2. The molecule has 0 aliphatic heterocycles. The maximum absolute atomic E-state index is 15.5. The zero-order chi connectivity index (χ0) is 20.6. The van der Waals surface area contributed by atoms with E-state index in [1.54, 1.807) is 0 Å². The number of halogens is 4. The summed E-state index contributed by atoms with van der Waals surface area (Å²) in [4.78, 5) is 3.83. The first kappa shape index (κ1) is 19.4. The molecule has 0 saturated heterocycles. The van der Waals surface area contributed by atoms with Crippen molar-refractivity contribution in [3.63, 3.8) is 0 Å². The minimum absolute atomic E-state index is 0.433. The van der Waals surface area contributed by atoms with Gasteiger partial charge in [-0.05, 0) is 59.4 Å². The summed E-state index contributed by atoms with van der Waals surface area (Å²) in [7, 11) is 0. The first-order valence-corrected chi connectivity index (χ1v) is 9.01. The summed E-state index contributed by atoms with van der Waals surface area (Å²) >= 11 is 0. The highest BCUT2D eigenvalue weighted by Crippen LogP contribution is 2.46. The molecule has 1 N–H and O–H groups in total. The largest absolute Gasteiger partial charge is 0.377 e. The Morgan fingerprint density at radius 1 is 1.14 bits per heavy atom. The number of tetrazole rings is 1. The Hall–Kier alpha value is -2.88. The fourth-order valence-electron chi connectivity index (χ4n) is 3.26. The van der Waals surface area contributed by atoms with E-state index in [1.807, 2.05) is 0 Å². The molecule has 1 fully saturated rings. The normalized spacial score (nSPS) is 16.6. The van der Waals surface area contributed by atoms with Crippen LogP contribution in [0.4, 0.5) is 17.6 Å². The average molecular weight is 407 g/mol. The number of pyridine rings is 1. The van der Waals surface area contributed by atoms with Gasteiger partial charge in [-0.25, -0.2) is 13.5 Å². The van der Waals surface area contributed by atoms with Gasteiger partial charge >= 0.3 is 5.92 Å². The number of rotatable bonds is 7. The molecule has 6 nitrogen and oxygen atoms in total. The van der Waals surface area contributed by atoms with Crippen LogP contribution in [0.25, 0.3) is 0 Å². The lowest BCUT2D eigenvalue weighted by molar-refractivity contribution is -0.207. The molecule has 1 aromatic carbocycles. The highest BCUT2D eigenvalue weighted by Gasteiger charge is 2.58. The predicted octanol–water partition coefficient (Wildman–Crippen LogP) is 2.98. The molecule has 0 spiro atoms. The van der Waals surface area contributed by atoms with Gasteiger partial charge in [0, 0.05) is 17.8 Å². The van der Waals surface area contributed by atoms with Gasteiger partial charge in [0.2, 0.25) is 0 Å². The summed E-state index contributed by atoms with van der Waals surface area (Å²) in [6.07, 6.45) is 5.30. The third-order valence-corrected chi connectivity index (χ3v) is 5.05. The maximum Gasteiger partial charge on any atom is 0.323 e. The summed E-state index contributed by atoms with van der Waals surface area (Å²) in [5, 5.41) is 21.2. The van der Waals surface area contributed by atoms with E-state index in [0.29, 0.717) is 12.0 Å². The van der Waals surface area contributed by atoms with Crippen molar-refractivity contribution >= 4 is 0 Å². The molecule has 0 bridgehead atoms. The molecule has 1 saturated carbocycles. The number of hydrogen-bond acceptors (Lipinski definition) is 5. The van der Waals surface area contributed by atoms with Crippen molar-refractivity contribution in [2.45, 2.75) is 37.3 Å². The van der Waals surface area contributed by atoms with Gasteiger partial charge in [0.15, 0.2) is 5.60 Å². The van der Waals surface area contributed by atoms with E-state index >= 15 is 8.78 Å². The van der Waals surface area contributed by atoms with E-state index in [-0.39, 0.29) is 0 Å². The standard InChI is InChI=1S/C19H17F4N5O/c20-14-4-5-15(16(21)8-14)18(29,10-28-11-25-26-27-28)19(22,23)17-6-3-13(9-24-17)7-12-1-2-12/h3-6,8-9,11-12,29H,1-2,7,10H2.